The zero-order chi connectivity index (χ0) is 18.7. The third-order valence-corrected chi connectivity index (χ3v) is 4.77. The van der Waals surface area contributed by atoms with Crippen LogP contribution >= 0.6 is 23.4 Å². The van der Waals surface area contributed by atoms with Crippen molar-refractivity contribution < 1.29 is 18.7 Å². The van der Waals surface area contributed by atoms with Gasteiger partial charge in [-0.05, 0) is 53.7 Å². The number of nitrogens with one attached hydrogen (secondary N) is 1. The molecule has 8 heteroatoms. The number of carbonyl (C=O) groups excluding carboxylic acids is 2. The molecule has 2 aromatic carbocycles. The van der Waals surface area contributed by atoms with E-state index in [1.165, 1.54) is 19.2 Å². The summed E-state index contributed by atoms with van der Waals surface area (Å²) in [4.78, 5) is 26.0. The molecule has 5 nitrogen and oxygen atoms in total. The van der Waals surface area contributed by atoms with Crippen molar-refractivity contribution in [3.05, 3.63) is 63.8 Å². The van der Waals surface area contributed by atoms with Gasteiger partial charge >= 0.3 is 0 Å². The van der Waals surface area contributed by atoms with E-state index in [9.17, 15) is 14.0 Å². The quantitative estimate of drug-likeness (QED) is 0.754. The molecule has 1 N–H and O–H groups in total. The predicted molar refractivity (Wildman–Crippen MR) is 101 cm³/mol. The van der Waals surface area contributed by atoms with Gasteiger partial charge in [-0.25, -0.2) is 4.39 Å². The molecule has 0 unspecified atom stereocenters. The van der Waals surface area contributed by atoms with Crippen molar-refractivity contribution >= 4 is 46.3 Å². The average Bonchev–Trinajstić information content (AvgIpc) is 2.88. The van der Waals surface area contributed by atoms with Crippen LogP contribution in [0.1, 0.15) is 5.56 Å². The topological polar surface area (TPSA) is 58.6 Å². The maximum absolute atomic E-state index is 13.0. The largest absolute Gasteiger partial charge is 0.495 e. The molecular weight excluding hydrogens is 379 g/mol. The lowest BCUT2D eigenvalue weighted by molar-refractivity contribution is -0.122. The van der Waals surface area contributed by atoms with Crippen LogP contribution in [0.5, 0.6) is 5.75 Å². The molecule has 134 valence electrons. The predicted octanol–water partition coefficient (Wildman–Crippen LogP) is 4.59. The molecule has 2 aromatic rings. The molecule has 1 fully saturated rings. The van der Waals surface area contributed by atoms with Crippen LogP contribution in [0.25, 0.3) is 6.08 Å². The number of hydrogen-bond donors (Lipinski definition) is 1. The van der Waals surface area contributed by atoms with Crippen molar-refractivity contribution in [1.29, 1.82) is 0 Å². The van der Waals surface area contributed by atoms with Crippen LogP contribution in [0.15, 0.2) is 47.4 Å². The Bertz CT molecular complexity index is 887. The highest BCUT2D eigenvalue weighted by atomic mass is 35.5. The summed E-state index contributed by atoms with van der Waals surface area (Å²) < 4.78 is 18.2. The van der Waals surface area contributed by atoms with Gasteiger partial charge in [-0.1, -0.05) is 23.7 Å². The minimum absolute atomic E-state index is 0.0257. The Morgan fingerprint density at radius 1 is 1.23 bits per heavy atom. The Hall–Kier alpha value is -2.51. The van der Waals surface area contributed by atoms with E-state index in [1.807, 2.05) is 0 Å². The molecule has 2 amide bonds. The second-order valence-corrected chi connectivity index (χ2v) is 6.77. The van der Waals surface area contributed by atoms with E-state index in [4.69, 9.17) is 16.3 Å². The number of amides is 2. The number of benzene rings is 2. The zero-order valence-corrected chi connectivity index (χ0v) is 15.2. The molecule has 0 atom stereocenters. The van der Waals surface area contributed by atoms with Crippen LogP contribution in [0.4, 0.5) is 14.9 Å². The molecule has 1 heterocycles. The number of anilines is 1. The molecule has 0 saturated carbocycles. The van der Waals surface area contributed by atoms with E-state index in [-0.39, 0.29) is 17.4 Å². The highest BCUT2D eigenvalue weighted by Gasteiger charge is 2.34. The summed E-state index contributed by atoms with van der Waals surface area (Å²) >= 11 is 6.80. The van der Waals surface area contributed by atoms with Gasteiger partial charge in [0.15, 0.2) is 0 Å². The van der Waals surface area contributed by atoms with Crippen LogP contribution in [0.2, 0.25) is 5.02 Å². The number of thioether (sulfide) groups is 1. The van der Waals surface area contributed by atoms with Crippen molar-refractivity contribution in [2.24, 2.45) is 0 Å². The van der Waals surface area contributed by atoms with Crippen LogP contribution in [-0.2, 0) is 4.79 Å². The highest BCUT2D eigenvalue weighted by molar-refractivity contribution is 8.18. The smallest absolute Gasteiger partial charge is 0.295 e. The summed E-state index contributed by atoms with van der Waals surface area (Å²) in [7, 11) is 1.51. The Morgan fingerprint density at radius 3 is 2.65 bits per heavy atom. The van der Waals surface area contributed by atoms with Gasteiger partial charge in [0.05, 0.1) is 24.4 Å². The average molecular weight is 393 g/mol. The third kappa shape index (κ3) is 4.00. The van der Waals surface area contributed by atoms with Gasteiger partial charge in [0, 0.05) is 5.02 Å². The summed E-state index contributed by atoms with van der Waals surface area (Å²) in [5, 5.41) is 3.09. The fourth-order valence-electron chi connectivity index (χ4n) is 2.33. The molecule has 1 aliphatic heterocycles. The Morgan fingerprint density at radius 2 is 1.96 bits per heavy atom. The number of hydrogen-bond acceptors (Lipinski definition) is 5. The molecule has 0 spiro atoms. The molecular formula is C18H14ClFN2O3S. The van der Waals surface area contributed by atoms with Crippen LogP contribution in [0.3, 0.4) is 0 Å². The van der Waals surface area contributed by atoms with Crippen LogP contribution in [-0.4, -0.2) is 29.8 Å². The van der Waals surface area contributed by atoms with E-state index in [0.29, 0.717) is 22.0 Å². The fourth-order valence-corrected chi connectivity index (χ4v) is 3.34. The molecule has 3 rings (SSSR count). The summed E-state index contributed by atoms with van der Waals surface area (Å²) in [6.07, 6.45) is 1.56. The number of imide groups is 1. The molecule has 0 radical (unpaired) electrons. The summed E-state index contributed by atoms with van der Waals surface area (Å²) in [5.41, 5.74) is 1.21. The van der Waals surface area contributed by atoms with Gasteiger partial charge in [-0.2, -0.15) is 0 Å². The Labute approximate surface area is 158 Å². The number of ether oxygens (including phenoxy) is 1. The number of methoxy groups -OCH3 is 1. The van der Waals surface area contributed by atoms with Crippen molar-refractivity contribution in [2.75, 3.05) is 19.1 Å². The lowest BCUT2D eigenvalue weighted by Gasteiger charge is -2.16. The van der Waals surface area contributed by atoms with Crippen molar-refractivity contribution in [3.8, 4) is 5.75 Å². The van der Waals surface area contributed by atoms with Gasteiger partial charge in [0.2, 0.25) is 0 Å². The van der Waals surface area contributed by atoms with Crippen molar-refractivity contribution in [1.82, 2.24) is 4.90 Å². The fraction of sp³-hybridized carbons (Fsp3) is 0.111. The molecule has 0 aromatic heterocycles. The molecule has 1 aliphatic rings. The molecule has 0 bridgehead atoms. The molecule has 1 saturated heterocycles. The lowest BCUT2D eigenvalue weighted by Crippen LogP contribution is -2.33. The normalized spacial score (nSPS) is 15.7. The molecule has 26 heavy (non-hydrogen) atoms. The number of carbonyl (C=O) groups is 2. The van der Waals surface area contributed by atoms with E-state index in [1.54, 1.807) is 36.4 Å². The van der Waals surface area contributed by atoms with Gasteiger partial charge < -0.3 is 10.1 Å². The first kappa shape index (κ1) is 18.3. The number of rotatable bonds is 5. The monoisotopic (exact) mass is 392 g/mol. The first-order chi connectivity index (χ1) is 12.5. The SMILES string of the molecule is COc1ccc(Cl)cc1NCN1C(=O)S/C(=C/c2ccc(F)cc2)C1=O. The summed E-state index contributed by atoms with van der Waals surface area (Å²) in [6.45, 7) is -0.0257. The second-order valence-electron chi connectivity index (χ2n) is 5.34. The Balaban J connectivity index is 1.73. The Kier molecular flexibility index (Phi) is 5.49. The first-order valence-corrected chi connectivity index (χ1v) is 8.76. The standard InChI is InChI=1S/C18H14ClFN2O3S/c1-25-15-7-4-12(19)9-14(15)21-10-22-17(23)16(26-18(22)24)8-11-2-5-13(20)6-3-11/h2-9,21H,10H2,1H3/b16-8+. The minimum atomic E-state index is -0.419. The van der Waals surface area contributed by atoms with E-state index in [0.717, 1.165) is 16.7 Å². The second kappa shape index (κ2) is 7.80. The highest BCUT2D eigenvalue weighted by Crippen LogP contribution is 2.33. The van der Waals surface area contributed by atoms with E-state index >= 15 is 0 Å². The third-order valence-electron chi connectivity index (χ3n) is 3.63. The van der Waals surface area contributed by atoms with Crippen LogP contribution < -0.4 is 10.1 Å². The maximum Gasteiger partial charge on any atom is 0.295 e. The lowest BCUT2D eigenvalue weighted by atomic mass is 10.2. The van der Waals surface area contributed by atoms with Crippen molar-refractivity contribution in [3.63, 3.8) is 0 Å². The summed E-state index contributed by atoms with van der Waals surface area (Å²) in [5.74, 6) is -0.240. The van der Waals surface area contributed by atoms with E-state index < -0.39 is 11.1 Å². The van der Waals surface area contributed by atoms with Gasteiger partial charge in [0.1, 0.15) is 11.6 Å². The number of halogens is 2. The zero-order valence-electron chi connectivity index (χ0n) is 13.7. The summed E-state index contributed by atoms with van der Waals surface area (Å²) in [6, 6.07) is 10.7. The molecule has 0 aliphatic carbocycles. The van der Waals surface area contributed by atoms with Crippen molar-refractivity contribution in [2.45, 2.75) is 0 Å². The van der Waals surface area contributed by atoms with Crippen LogP contribution in [0, 0.1) is 5.82 Å². The minimum Gasteiger partial charge on any atom is -0.495 e. The van der Waals surface area contributed by atoms with Gasteiger partial charge in [-0.15, -0.1) is 0 Å². The van der Waals surface area contributed by atoms with E-state index in [2.05, 4.69) is 5.32 Å². The maximum atomic E-state index is 13.0. The first-order valence-electron chi connectivity index (χ1n) is 7.56. The van der Waals surface area contributed by atoms with Gasteiger partial charge in [-0.3, -0.25) is 14.5 Å². The number of nitrogens with zero attached hydrogens (tertiary/aromatic N) is 1. The van der Waals surface area contributed by atoms with Gasteiger partial charge in [0.25, 0.3) is 11.1 Å².